The quantitative estimate of drug-likeness (QED) is 0.671. The number of para-hydroxylation sites is 1. The molecule has 1 aromatic carbocycles. The Hall–Kier alpha value is -3.06. The molecule has 0 bridgehead atoms. The summed E-state index contributed by atoms with van der Waals surface area (Å²) in [7, 11) is 0. The van der Waals surface area contributed by atoms with Gasteiger partial charge in [-0.05, 0) is 56.5 Å². The molecule has 160 valence electrons. The molecular weight excluding hydrogens is 384 g/mol. The van der Waals surface area contributed by atoms with Gasteiger partial charge in [0.25, 0.3) is 5.56 Å². The van der Waals surface area contributed by atoms with E-state index < -0.39 is 11.8 Å². The molecule has 7 heteroatoms. The van der Waals surface area contributed by atoms with Gasteiger partial charge in [0.1, 0.15) is 18.0 Å². The molecule has 0 saturated heterocycles. The number of ether oxygens (including phenoxy) is 2. The van der Waals surface area contributed by atoms with E-state index in [1.165, 1.54) is 0 Å². The zero-order chi connectivity index (χ0) is 21.6. The maximum atomic E-state index is 12.5. The summed E-state index contributed by atoms with van der Waals surface area (Å²) in [5.41, 5.74) is 1.28. The average Bonchev–Trinajstić information content (AvgIpc) is 2.69. The van der Waals surface area contributed by atoms with Crippen LogP contribution < -0.4 is 10.3 Å². The fraction of sp³-hybridized carbons (Fsp3) is 0.391. The lowest BCUT2D eigenvalue weighted by Crippen LogP contribution is -2.34. The number of benzene rings is 1. The van der Waals surface area contributed by atoms with E-state index in [0.717, 1.165) is 16.9 Å². The number of pyridine rings is 1. The van der Waals surface area contributed by atoms with Crippen LogP contribution in [0.25, 0.3) is 5.57 Å². The topological polar surface area (TPSA) is 70.0 Å². The Bertz CT molecular complexity index is 944. The first kappa shape index (κ1) is 21.6. The molecule has 1 aliphatic heterocycles. The molecule has 2 aromatic rings. The largest absolute Gasteiger partial charge is 0.528 e. The summed E-state index contributed by atoms with van der Waals surface area (Å²) in [5.74, 6) is 0.785. The fourth-order valence-electron chi connectivity index (χ4n) is 3.04. The van der Waals surface area contributed by atoms with Gasteiger partial charge in [0.2, 0.25) is 0 Å². The van der Waals surface area contributed by atoms with Crippen LogP contribution in [-0.2, 0) is 16.1 Å². The fourth-order valence-corrected chi connectivity index (χ4v) is 3.04. The van der Waals surface area contributed by atoms with Gasteiger partial charge in [-0.15, -0.1) is 5.06 Å². The van der Waals surface area contributed by atoms with Crippen molar-refractivity contribution in [2.45, 2.75) is 39.3 Å². The Balaban J connectivity index is 1.53. The molecule has 30 heavy (non-hydrogen) atoms. The highest BCUT2D eigenvalue weighted by molar-refractivity contribution is 5.66. The summed E-state index contributed by atoms with van der Waals surface area (Å²) >= 11 is 0. The highest BCUT2D eigenvalue weighted by atomic mass is 16.8. The third-order valence-corrected chi connectivity index (χ3v) is 4.48. The highest BCUT2D eigenvalue weighted by Gasteiger charge is 2.22. The molecule has 0 spiro atoms. The number of nitrogens with zero attached hydrogens (tertiary/aromatic N) is 2. The van der Waals surface area contributed by atoms with Crippen molar-refractivity contribution in [3.63, 3.8) is 0 Å². The zero-order valence-corrected chi connectivity index (χ0v) is 17.7. The Labute approximate surface area is 176 Å². The van der Waals surface area contributed by atoms with Gasteiger partial charge in [0, 0.05) is 18.8 Å². The van der Waals surface area contributed by atoms with E-state index in [9.17, 15) is 9.59 Å². The summed E-state index contributed by atoms with van der Waals surface area (Å²) in [5, 5.41) is 1.56. The van der Waals surface area contributed by atoms with Crippen LogP contribution in [0.2, 0.25) is 0 Å². The third kappa shape index (κ3) is 6.49. The molecule has 1 aromatic heterocycles. The van der Waals surface area contributed by atoms with E-state index in [0.29, 0.717) is 32.7 Å². The molecular formula is C23H28N2O5. The van der Waals surface area contributed by atoms with Crippen molar-refractivity contribution < 1.29 is 19.1 Å². The minimum Gasteiger partial charge on any atom is -0.492 e. The number of carbonyl (C=O) groups is 1. The Morgan fingerprint density at radius 2 is 1.90 bits per heavy atom. The van der Waals surface area contributed by atoms with E-state index in [4.69, 9.17) is 14.3 Å². The first-order valence-corrected chi connectivity index (χ1v) is 10.0. The van der Waals surface area contributed by atoms with Gasteiger partial charge >= 0.3 is 6.16 Å². The molecule has 3 rings (SSSR count). The Morgan fingerprint density at radius 3 is 2.53 bits per heavy atom. The van der Waals surface area contributed by atoms with Crippen LogP contribution in [0.4, 0.5) is 4.79 Å². The minimum atomic E-state index is -0.709. The normalized spacial score (nSPS) is 14.7. The third-order valence-electron chi connectivity index (χ3n) is 4.48. The molecule has 0 N–H and O–H groups in total. The predicted molar refractivity (Wildman–Crippen MR) is 114 cm³/mol. The number of rotatable bonds is 6. The van der Waals surface area contributed by atoms with E-state index in [1.807, 2.05) is 42.5 Å². The van der Waals surface area contributed by atoms with E-state index in [2.05, 4.69) is 0 Å². The summed E-state index contributed by atoms with van der Waals surface area (Å²) in [6.45, 7) is 7.25. The van der Waals surface area contributed by atoms with Crippen molar-refractivity contribution in [2.75, 3.05) is 19.7 Å². The maximum Gasteiger partial charge on any atom is 0.528 e. The molecule has 0 saturated carbocycles. The maximum absolute atomic E-state index is 12.5. The first-order chi connectivity index (χ1) is 14.3. The van der Waals surface area contributed by atoms with Gasteiger partial charge in [-0.25, -0.2) is 4.79 Å². The molecule has 0 radical (unpaired) electrons. The molecule has 7 nitrogen and oxygen atoms in total. The Kier molecular flexibility index (Phi) is 6.95. The van der Waals surface area contributed by atoms with Crippen molar-refractivity contribution in [3.05, 3.63) is 70.7 Å². The monoisotopic (exact) mass is 412 g/mol. The van der Waals surface area contributed by atoms with Crippen LogP contribution in [-0.4, -0.2) is 41.1 Å². The van der Waals surface area contributed by atoms with Crippen LogP contribution in [0, 0.1) is 0 Å². The van der Waals surface area contributed by atoms with Crippen LogP contribution in [0.5, 0.6) is 5.75 Å². The summed E-state index contributed by atoms with van der Waals surface area (Å²) in [4.78, 5) is 29.5. The lowest BCUT2D eigenvalue weighted by atomic mass is 10.0. The SMILES string of the molecule is CC(C)(C)OC(=O)ON1CC=C(c2ccn(CCOc3ccccc3)c(=O)c2)CC1. The standard InChI is InChI=1S/C23H28N2O5/c1-23(2,3)29-22(27)30-25-13-10-18(11-14-25)19-9-12-24(21(26)17-19)15-16-28-20-7-5-4-6-8-20/h4-10,12,17H,11,13-16H2,1-3H3. The second kappa shape index (κ2) is 9.63. The summed E-state index contributed by atoms with van der Waals surface area (Å²) in [6, 6.07) is 13.1. The predicted octanol–water partition coefficient (Wildman–Crippen LogP) is 3.88. The van der Waals surface area contributed by atoms with Crippen molar-refractivity contribution in [3.8, 4) is 5.75 Å². The van der Waals surface area contributed by atoms with Crippen molar-refractivity contribution >= 4 is 11.7 Å². The second-order valence-corrected chi connectivity index (χ2v) is 8.03. The number of hydrogen-bond donors (Lipinski definition) is 0. The number of aromatic nitrogens is 1. The molecule has 0 amide bonds. The summed E-state index contributed by atoms with van der Waals surface area (Å²) < 4.78 is 12.5. The van der Waals surface area contributed by atoms with Crippen molar-refractivity contribution in [1.82, 2.24) is 9.63 Å². The molecule has 0 fully saturated rings. The van der Waals surface area contributed by atoms with E-state index >= 15 is 0 Å². The Morgan fingerprint density at radius 1 is 1.13 bits per heavy atom. The first-order valence-electron chi connectivity index (χ1n) is 10.0. The van der Waals surface area contributed by atoms with Gasteiger partial charge in [0.05, 0.1) is 13.1 Å². The van der Waals surface area contributed by atoms with Gasteiger partial charge in [-0.1, -0.05) is 24.3 Å². The van der Waals surface area contributed by atoms with E-state index in [-0.39, 0.29) is 5.56 Å². The zero-order valence-electron chi connectivity index (χ0n) is 17.7. The van der Waals surface area contributed by atoms with Gasteiger partial charge < -0.3 is 18.9 Å². The van der Waals surface area contributed by atoms with Gasteiger partial charge in [0.15, 0.2) is 0 Å². The van der Waals surface area contributed by atoms with E-state index in [1.54, 1.807) is 42.7 Å². The molecule has 0 atom stereocenters. The smallest absolute Gasteiger partial charge is 0.492 e. The molecule has 1 aliphatic rings. The lowest BCUT2D eigenvalue weighted by molar-refractivity contribution is -0.137. The molecule has 0 unspecified atom stereocenters. The number of hydrogen-bond acceptors (Lipinski definition) is 6. The summed E-state index contributed by atoms with van der Waals surface area (Å²) in [6.07, 6.45) is 3.71. The van der Waals surface area contributed by atoms with Crippen LogP contribution in [0.1, 0.15) is 32.8 Å². The second-order valence-electron chi connectivity index (χ2n) is 8.03. The number of hydroxylamine groups is 2. The molecule has 0 aliphatic carbocycles. The van der Waals surface area contributed by atoms with Crippen LogP contribution in [0.3, 0.4) is 0 Å². The lowest BCUT2D eigenvalue weighted by Gasteiger charge is -2.26. The van der Waals surface area contributed by atoms with Crippen molar-refractivity contribution in [2.24, 2.45) is 0 Å². The number of carbonyl (C=O) groups excluding carboxylic acids is 1. The van der Waals surface area contributed by atoms with Crippen LogP contribution >= 0.6 is 0 Å². The van der Waals surface area contributed by atoms with Crippen molar-refractivity contribution in [1.29, 1.82) is 0 Å². The van der Waals surface area contributed by atoms with Gasteiger partial charge in [-0.3, -0.25) is 4.79 Å². The minimum absolute atomic E-state index is 0.0718. The highest BCUT2D eigenvalue weighted by Crippen LogP contribution is 2.22. The van der Waals surface area contributed by atoms with Crippen LogP contribution in [0.15, 0.2) is 59.5 Å². The molecule has 2 heterocycles. The average molecular weight is 412 g/mol. The van der Waals surface area contributed by atoms with Gasteiger partial charge in [-0.2, -0.15) is 0 Å².